The lowest BCUT2D eigenvalue weighted by Gasteiger charge is -2.36. The number of aliphatic carboxylic acids is 1. The van der Waals surface area contributed by atoms with Crippen molar-refractivity contribution in [2.75, 3.05) is 6.54 Å². The first kappa shape index (κ1) is 15.3. The van der Waals surface area contributed by atoms with E-state index in [0.29, 0.717) is 17.9 Å². The smallest absolute Gasteiger partial charge is 0.322 e. The van der Waals surface area contributed by atoms with Crippen LogP contribution in [0.3, 0.4) is 0 Å². The minimum Gasteiger partial charge on any atom is -0.480 e. The van der Waals surface area contributed by atoms with Gasteiger partial charge in [0.1, 0.15) is 6.04 Å². The van der Waals surface area contributed by atoms with Crippen molar-refractivity contribution >= 4 is 27.6 Å². The maximum atomic E-state index is 12.6. The van der Waals surface area contributed by atoms with Crippen LogP contribution in [-0.2, 0) is 14.8 Å². The molecule has 1 fully saturated rings. The summed E-state index contributed by atoms with van der Waals surface area (Å²) < 4.78 is 26.3. The maximum absolute atomic E-state index is 12.6. The van der Waals surface area contributed by atoms with Gasteiger partial charge < -0.3 is 5.11 Å². The van der Waals surface area contributed by atoms with E-state index >= 15 is 0 Å². The third kappa shape index (κ3) is 2.82. The standard InChI is InChI=1S/C13H16ClNO4S/c1-9-4-3-7-15(12(9)13(16)17)20(18,19)11-6-2-5-10(14)8-11/h2,5-6,8-9,12H,3-4,7H2,1H3,(H,16,17). The van der Waals surface area contributed by atoms with Crippen molar-refractivity contribution in [1.29, 1.82) is 0 Å². The van der Waals surface area contributed by atoms with Gasteiger partial charge in [0.15, 0.2) is 0 Å². The van der Waals surface area contributed by atoms with E-state index in [4.69, 9.17) is 11.6 Å². The number of rotatable bonds is 3. The number of halogens is 1. The topological polar surface area (TPSA) is 74.7 Å². The Labute approximate surface area is 123 Å². The van der Waals surface area contributed by atoms with E-state index in [9.17, 15) is 18.3 Å². The van der Waals surface area contributed by atoms with Gasteiger partial charge in [0, 0.05) is 11.6 Å². The summed E-state index contributed by atoms with van der Waals surface area (Å²) in [5.74, 6) is -1.32. The van der Waals surface area contributed by atoms with E-state index in [1.54, 1.807) is 19.1 Å². The molecule has 0 saturated carbocycles. The molecular weight excluding hydrogens is 302 g/mol. The number of carboxylic acid groups (broad SMARTS) is 1. The summed E-state index contributed by atoms with van der Waals surface area (Å²) in [5.41, 5.74) is 0. The van der Waals surface area contributed by atoms with Crippen LogP contribution in [0, 0.1) is 5.92 Å². The Balaban J connectivity index is 2.44. The molecule has 110 valence electrons. The van der Waals surface area contributed by atoms with Crippen molar-refractivity contribution in [3.05, 3.63) is 29.3 Å². The summed E-state index contributed by atoms with van der Waals surface area (Å²) in [5, 5.41) is 9.62. The van der Waals surface area contributed by atoms with Crippen LogP contribution >= 0.6 is 11.6 Å². The minimum absolute atomic E-state index is 0.0327. The van der Waals surface area contributed by atoms with Crippen LogP contribution < -0.4 is 0 Å². The molecule has 1 heterocycles. The lowest BCUT2D eigenvalue weighted by Crippen LogP contribution is -2.51. The average Bonchev–Trinajstić information content (AvgIpc) is 2.38. The zero-order chi connectivity index (χ0) is 14.9. The molecule has 1 aliphatic heterocycles. The molecule has 1 aliphatic rings. The van der Waals surface area contributed by atoms with Gasteiger partial charge in [-0.05, 0) is 37.0 Å². The zero-order valence-corrected chi connectivity index (χ0v) is 12.6. The van der Waals surface area contributed by atoms with E-state index in [1.807, 2.05) is 0 Å². The monoisotopic (exact) mass is 317 g/mol. The van der Waals surface area contributed by atoms with E-state index in [0.717, 1.165) is 4.31 Å². The number of benzene rings is 1. The SMILES string of the molecule is CC1CCCN(S(=O)(=O)c2cccc(Cl)c2)C1C(=O)O. The van der Waals surface area contributed by atoms with E-state index in [2.05, 4.69) is 0 Å². The first-order valence-corrected chi connectivity index (χ1v) is 8.16. The molecular formula is C13H16ClNO4S. The van der Waals surface area contributed by atoms with Crippen molar-refractivity contribution in [1.82, 2.24) is 4.31 Å². The highest BCUT2D eigenvalue weighted by Gasteiger charge is 2.41. The molecule has 5 nitrogen and oxygen atoms in total. The first-order chi connectivity index (χ1) is 9.34. The van der Waals surface area contributed by atoms with E-state index in [1.165, 1.54) is 12.1 Å². The first-order valence-electron chi connectivity index (χ1n) is 6.34. The molecule has 0 amide bonds. The van der Waals surface area contributed by atoms with Gasteiger partial charge in [-0.25, -0.2) is 8.42 Å². The number of sulfonamides is 1. The van der Waals surface area contributed by atoms with Crippen molar-refractivity contribution in [2.24, 2.45) is 5.92 Å². The third-order valence-electron chi connectivity index (χ3n) is 3.54. The van der Waals surface area contributed by atoms with Crippen LogP contribution in [0.15, 0.2) is 29.2 Å². The van der Waals surface area contributed by atoms with Crippen molar-refractivity contribution in [3.63, 3.8) is 0 Å². The fourth-order valence-electron chi connectivity index (χ4n) is 2.55. The number of hydrogen-bond acceptors (Lipinski definition) is 3. The highest BCUT2D eigenvalue weighted by atomic mass is 35.5. The van der Waals surface area contributed by atoms with Gasteiger partial charge >= 0.3 is 5.97 Å². The Morgan fingerprint density at radius 1 is 1.45 bits per heavy atom. The summed E-state index contributed by atoms with van der Waals surface area (Å²) in [4.78, 5) is 11.4. The molecule has 0 bridgehead atoms. The summed E-state index contributed by atoms with van der Waals surface area (Å²) >= 11 is 5.82. The lowest BCUT2D eigenvalue weighted by molar-refractivity contribution is -0.144. The van der Waals surface area contributed by atoms with Crippen LogP contribution in [0.4, 0.5) is 0 Å². The van der Waals surface area contributed by atoms with Gasteiger partial charge in [-0.3, -0.25) is 4.79 Å². The van der Waals surface area contributed by atoms with Crippen molar-refractivity contribution < 1.29 is 18.3 Å². The zero-order valence-electron chi connectivity index (χ0n) is 11.0. The van der Waals surface area contributed by atoms with Crippen LogP contribution in [0.1, 0.15) is 19.8 Å². The molecule has 0 spiro atoms. The normalized spacial score (nSPS) is 24.5. The summed E-state index contributed by atoms with van der Waals surface area (Å²) in [7, 11) is -3.84. The second-order valence-corrected chi connectivity index (χ2v) is 7.30. The molecule has 2 atom stereocenters. The van der Waals surface area contributed by atoms with E-state index in [-0.39, 0.29) is 17.4 Å². The molecule has 7 heteroatoms. The number of carboxylic acids is 1. The molecule has 1 aromatic rings. The Kier molecular flexibility index (Phi) is 4.36. The quantitative estimate of drug-likeness (QED) is 0.927. The van der Waals surface area contributed by atoms with Crippen LogP contribution in [0.2, 0.25) is 5.02 Å². The number of piperidine rings is 1. The highest BCUT2D eigenvalue weighted by molar-refractivity contribution is 7.89. The Morgan fingerprint density at radius 2 is 2.15 bits per heavy atom. The van der Waals surface area contributed by atoms with Gasteiger partial charge in [0.25, 0.3) is 0 Å². The fourth-order valence-corrected chi connectivity index (χ4v) is 4.57. The molecule has 1 saturated heterocycles. The lowest BCUT2D eigenvalue weighted by atomic mass is 9.93. The molecule has 2 rings (SSSR count). The largest absolute Gasteiger partial charge is 0.480 e. The fraction of sp³-hybridized carbons (Fsp3) is 0.462. The molecule has 0 radical (unpaired) electrons. The van der Waals surface area contributed by atoms with Crippen LogP contribution in [-0.4, -0.2) is 36.4 Å². The van der Waals surface area contributed by atoms with Gasteiger partial charge in [-0.15, -0.1) is 0 Å². The van der Waals surface area contributed by atoms with Crippen molar-refractivity contribution in [3.8, 4) is 0 Å². The molecule has 1 aromatic carbocycles. The predicted molar refractivity (Wildman–Crippen MR) is 75.2 cm³/mol. The Bertz CT molecular complexity index is 617. The second kappa shape index (κ2) is 5.71. The average molecular weight is 318 g/mol. The molecule has 1 N–H and O–H groups in total. The van der Waals surface area contributed by atoms with Crippen LogP contribution in [0.25, 0.3) is 0 Å². The summed E-state index contributed by atoms with van der Waals surface area (Å²) in [6, 6.07) is 4.87. The van der Waals surface area contributed by atoms with Gasteiger partial charge in [0.05, 0.1) is 4.90 Å². The molecule has 20 heavy (non-hydrogen) atoms. The molecule has 0 aliphatic carbocycles. The summed E-state index contributed by atoms with van der Waals surface area (Å²) in [6.07, 6.45) is 1.36. The van der Waals surface area contributed by atoms with E-state index < -0.39 is 22.0 Å². The third-order valence-corrected chi connectivity index (χ3v) is 5.65. The van der Waals surface area contributed by atoms with Crippen LogP contribution in [0.5, 0.6) is 0 Å². The number of hydrogen-bond donors (Lipinski definition) is 1. The highest BCUT2D eigenvalue weighted by Crippen LogP contribution is 2.30. The molecule has 2 unspecified atom stereocenters. The minimum atomic E-state index is -3.84. The number of carbonyl (C=O) groups is 1. The van der Waals surface area contributed by atoms with Gasteiger partial charge in [-0.2, -0.15) is 4.31 Å². The van der Waals surface area contributed by atoms with Gasteiger partial charge in [-0.1, -0.05) is 24.6 Å². The second-order valence-electron chi connectivity index (χ2n) is 4.98. The predicted octanol–water partition coefficient (Wildman–Crippen LogP) is 2.21. The van der Waals surface area contributed by atoms with Gasteiger partial charge in [0.2, 0.25) is 10.0 Å². The Morgan fingerprint density at radius 3 is 2.75 bits per heavy atom. The van der Waals surface area contributed by atoms with Crippen molar-refractivity contribution in [2.45, 2.75) is 30.7 Å². The summed E-state index contributed by atoms with van der Waals surface area (Å²) in [6.45, 7) is 1.98. The Hall–Kier alpha value is -1.11. The maximum Gasteiger partial charge on any atom is 0.322 e. The number of nitrogens with zero attached hydrogens (tertiary/aromatic N) is 1. The molecule has 0 aromatic heterocycles.